The first kappa shape index (κ1) is 13.3. The minimum Gasteiger partial charge on any atom is -0.398 e. The van der Waals surface area contributed by atoms with Crippen LogP contribution in [-0.4, -0.2) is 42.5 Å². The molecule has 0 aliphatic carbocycles. The van der Waals surface area contributed by atoms with Crippen LogP contribution >= 0.6 is 0 Å². The lowest BCUT2D eigenvalue weighted by molar-refractivity contribution is 0.193. The Hall–Kier alpha value is -1.13. The Bertz CT molecular complexity index is 388. The molecule has 0 bridgehead atoms. The molecule has 1 saturated heterocycles. The maximum absolute atomic E-state index is 13.8. The summed E-state index contributed by atoms with van der Waals surface area (Å²) < 4.78 is 13.8. The normalized spacial score (nSPS) is 22.9. The lowest BCUT2D eigenvalue weighted by Crippen LogP contribution is -2.37. The summed E-state index contributed by atoms with van der Waals surface area (Å²) in [6.07, 6.45) is 1.12. The van der Waals surface area contributed by atoms with Crippen molar-refractivity contribution in [3.8, 4) is 0 Å². The van der Waals surface area contributed by atoms with Crippen molar-refractivity contribution in [1.29, 1.82) is 0 Å². The molecule has 1 aromatic rings. The number of halogens is 1. The average Bonchev–Trinajstić information content (AvgIpc) is 2.46. The molecule has 1 atom stereocenters. The molecule has 1 fully saturated rings. The fourth-order valence-electron chi connectivity index (χ4n) is 2.60. The van der Waals surface area contributed by atoms with Gasteiger partial charge in [-0.3, -0.25) is 4.90 Å². The summed E-state index contributed by atoms with van der Waals surface area (Å²) in [5, 5.41) is 0. The maximum atomic E-state index is 13.8. The van der Waals surface area contributed by atoms with Gasteiger partial charge in [-0.1, -0.05) is 6.07 Å². The second kappa shape index (κ2) is 5.67. The molecule has 4 heteroatoms. The molecule has 1 aliphatic rings. The first-order valence-corrected chi connectivity index (χ1v) is 6.53. The van der Waals surface area contributed by atoms with E-state index in [-0.39, 0.29) is 5.82 Å². The third kappa shape index (κ3) is 3.00. The molecule has 2 N–H and O–H groups in total. The van der Waals surface area contributed by atoms with Crippen LogP contribution in [0.15, 0.2) is 18.2 Å². The molecule has 1 aromatic carbocycles. The summed E-state index contributed by atoms with van der Waals surface area (Å²) in [4.78, 5) is 4.65. The Kier molecular flexibility index (Phi) is 4.19. The molecule has 0 amide bonds. The topological polar surface area (TPSA) is 32.5 Å². The predicted molar refractivity (Wildman–Crippen MR) is 72.8 cm³/mol. The number of benzene rings is 1. The molecule has 18 heavy (non-hydrogen) atoms. The summed E-state index contributed by atoms with van der Waals surface area (Å²) in [7, 11) is 2.14. The first-order valence-electron chi connectivity index (χ1n) is 6.53. The van der Waals surface area contributed by atoms with Crippen LogP contribution in [0.25, 0.3) is 0 Å². The number of nitrogens with two attached hydrogens (primary N) is 1. The number of hydrogen-bond acceptors (Lipinski definition) is 3. The molecule has 2 rings (SSSR count). The van der Waals surface area contributed by atoms with Gasteiger partial charge in [0.2, 0.25) is 0 Å². The molecule has 0 radical (unpaired) electrons. The highest BCUT2D eigenvalue weighted by atomic mass is 19.1. The third-order valence-electron chi connectivity index (χ3n) is 3.70. The van der Waals surface area contributed by atoms with E-state index in [1.54, 1.807) is 12.1 Å². The Morgan fingerprint density at radius 3 is 2.89 bits per heavy atom. The Balaban J connectivity index is 2.12. The highest BCUT2D eigenvalue weighted by Crippen LogP contribution is 2.20. The summed E-state index contributed by atoms with van der Waals surface area (Å²) in [5.41, 5.74) is 7.06. The van der Waals surface area contributed by atoms with Crippen LogP contribution < -0.4 is 5.73 Å². The van der Waals surface area contributed by atoms with Crippen molar-refractivity contribution in [1.82, 2.24) is 9.80 Å². The SMILES string of the molecule is CC1CN(C)CCCN1Cc1c(N)cccc1F. The molecule has 1 unspecified atom stereocenters. The lowest BCUT2D eigenvalue weighted by atomic mass is 10.1. The van der Waals surface area contributed by atoms with E-state index in [1.165, 1.54) is 6.07 Å². The van der Waals surface area contributed by atoms with Gasteiger partial charge in [-0.05, 0) is 39.1 Å². The molecule has 1 heterocycles. The first-order chi connectivity index (χ1) is 8.58. The molecule has 0 saturated carbocycles. The van der Waals surface area contributed by atoms with E-state index >= 15 is 0 Å². The van der Waals surface area contributed by atoms with Gasteiger partial charge in [-0.2, -0.15) is 0 Å². The van der Waals surface area contributed by atoms with Crippen molar-refractivity contribution < 1.29 is 4.39 Å². The van der Waals surface area contributed by atoms with Crippen LogP contribution in [0.2, 0.25) is 0 Å². The molecule has 0 aromatic heterocycles. The van der Waals surface area contributed by atoms with Gasteiger partial charge in [0.1, 0.15) is 5.82 Å². The van der Waals surface area contributed by atoms with Crippen molar-refractivity contribution in [3.05, 3.63) is 29.6 Å². The maximum Gasteiger partial charge on any atom is 0.129 e. The largest absolute Gasteiger partial charge is 0.398 e. The minimum absolute atomic E-state index is 0.195. The van der Waals surface area contributed by atoms with Gasteiger partial charge in [0.15, 0.2) is 0 Å². The predicted octanol–water partition coefficient (Wildman–Crippen LogP) is 1.93. The lowest BCUT2D eigenvalue weighted by Gasteiger charge is -2.28. The number of nitrogen functional groups attached to an aromatic ring is 1. The van der Waals surface area contributed by atoms with Crippen molar-refractivity contribution in [3.63, 3.8) is 0 Å². The van der Waals surface area contributed by atoms with Gasteiger partial charge in [0, 0.05) is 36.9 Å². The number of rotatable bonds is 2. The highest BCUT2D eigenvalue weighted by Gasteiger charge is 2.21. The second-order valence-electron chi connectivity index (χ2n) is 5.24. The molecular weight excluding hydrogens is 229 g/mol. The van der Waals surface area contributed by atoms with Crippen molar-refractivity contribution in [2.75, 3.05) is 32.4 Å². The molecule has 0 spiro atoms. The van der Waals surface area contributed by atoms with Crippen LogP contribution in [0.1, 0.15) is 18.9 Å². The minimum atomic E-state index is -0.195. The summed E-state index contributed by atoms with van der Waals surface area (Å²) in [6, 6.07) is 5.35. The van der Waals surface area contributed by atoms with Gasteiger partial charge in [0.25, 0.3) is 0 Å². The molecule has 100 valence electrons. The van der Waals surface area contributed by atoms with Gasteiger partial charge in [-0.25, -0.2) is 4.39 Å². The Morgan fingerprint density at radius 2 is 2.17 bits per heavy atom. The number of likely N-dealkylation sites (N-methyl/N-ethyl adjacent to an activating group) is 1. The zero-order valence-corrected chi connectivity index (χ0v) is 11.2. The molecule has 3 nitrogen and oxygen atoms in total. The van der Waals surface area contributed by atoms with Crippen LogP contribution in [0.4, 0.5) is 10.1 Å². The smallest absolute Gasteiger partial charge is 0.129 e. The molecular formula is C14H22FN3. The van der Waals surface area contributed by atoms with Crippen LogP contribution in [0.5, 0.6) is 0 Å². The van der Waals surface area contributed by atoms with Crippen LogP contribution in [-0.2, 0) is 6.54 Å². The zero-order chi connectivity index (χ0) is 13.1. The highest BCUT2D eigenvalue weighted by molar-refractivity contribution is 5.47. The van der Waals surface area contributed by atoms with Crippen molar-refractivity contribution in [2.24, 2.45) is 0 Å². The van der Waals surface area contributed by atoms with Crippen LogP contribution in [0, 0.1) is 5.82 Å². The van der Waals surface area contributed by atoms with E-state index in [0.29, 0.717) is 23.8 Å². The zero-order valence-electron chi connectivity index (χ0n) is 11.2. The fraction of sp³-hybridized carbons (Fsp3) is 0.571. The average molecular weight is 251 g/mol. The van der Waals surface area contributed by atoms with Crippen molar-refractivity contribution in [2.45, 2.75) is 25.9 Å². The van der Waals surface area contributed by atoms with Crippen molar-refractivity contribution >= 4 is 5.69 Å². The van der Waals surface area contributed by atoms with Gasteiger partial charge in [-0.15, -0.1) is 0 Å². The fourth-order valence-corrected chi connectivity index (χ4v) is 2.60. The third-order valence-corrected chi connectivity index (χ3v) is 3.70. The summed E-state index contributed by atoms with van der Waals surface area (Å²) in [5.74, 6) is -0.195. The van der Waals surface area contributed by atoms with Gasteiger partial charge < -0.3 is 10.6 Å². The second-order valence-corrected chi connectivity index (χ2v) is 5.24. The van der Waals surface area contributed by atoms with E-state index in [1.807, 2.05) is 0 Å². The quantitative estimate of drug-likeness (QED) is 0.815. The van der Waals surface area contributed by atoms with Gasteiger partial charge in [0.05, 0.1) is 0 Å². The Labute approximate surface area is 108 Å². The van der Waals surface area contributed by atoms with E-state index in [4.69, 9.17) is 5.73 Å². The van der Waals surface area contributed by atoms with Crippen LogP contribution in [0.3, 0.4) is 0 Å². The number of nitrogens with zero attached hydrogens (tertiary/aromatic N) is 2. The van der Waals surface area contributed by atoms with E-state index in [2.05, 4.69) is 23.8 Å². The Morgan fingerprint density at radius 1 is 1.39 bits per heavy atom. The summed E-state index contributed by atoms with van der Waals surface area (Å²) >= 11 is 0. The van der Waals surface area contributed by atoms with Gasteiger partial charge >= 0.3 is 0 Å². The van der Waals surface area contributed by atoms with E-state index < -0.39 is 0 Å². The van der Waals surface area contributed by atoms with E-state index in [0.717, 1.165) is 26.1 Å². The number of hydrogen-bond donors (Lipinski definition) is 1. The monoisotopic (exact) mass is 251 g/mol. The number of anilines is 1. The standard InChI is InChI=1S/C14H22FN3/c1-11-9-17(2)7-4-8-18(11)10-12-13(15)5-3-6-14(12)16/h3,5-6,11H,4,7-10,16H2,1-2H3. The van der Waals surface area contributed by atoms with E-state index in [9.17, 15) is 4.39 Å². The molecule has 1 aliphatic heterocycles. The summed E-state index contributed by atoms with van der Waals surface area (Å²) in [6.45, 7) is 5.92.